The molecule has 3 heterocycles. The lowest BCUT2D eigenvalue weighted by atomic mass is 10.2. The molecule has 6 nitrogen and oxygen atoms in total. The van der Waals surface area contributed by atoms with Crippen molar-refractivity contribution in [2.45, 2.75) is 48.1 Å². The van der Waals surface area contributed by atoms with Gasteiger partial charge in [-0.15, -0.1) is 0 Å². The van der Waals surface area contributed by atoms with Crippen molar-refractivity contribution in [1.29, 1.82) is 0 Å². The molecule has 1 saturated carbocycles. The number of carbonyl (C=O) groups is 1. The van der Waals surface area contributed by atoms with Gasteiger partial charge in [-0.05, 0) is 99.0 Å². The van der Waals surface area contributed by atoms with Crippen LogP contribution in [0.4, 0.5) is 4.39 Å². The van der Waals surface area contributed by atoms with Crippen molar-refractivity contribution in [2.75, 3.05) is 13.1 Å². The van der Waals surface area contributed by atoms with E-state index in [9.17, 15) is 9.18 Å². The van der Waals surface area contributed by atoms with E-state index >= 15 is 0 Å². The average Bonchev–Trinajstić information content (AvgIpc) is 3.39. The fourth-order valence-corrected chi connectivity index (χ4v) is 5.60. The highest BCUT2D eigenvalue weighted by atomic mass is 32.2. The molecule has 2 aromatic heterocycles. The lowest BCUT2D eigenvalue weighted by Gasteiger charge is -2.13. The monoisotopic (exact) mass is 513 g/mol. The number of aromatic amines is 1. The fraction of sp³-hybridized carbons (Fsp3) is 0.276. The van der Waals surface area contributed by atoms with E-state index in [1.54, 1.807) is 6.07 Å². The van der Waals surface area contributed by atoms with Crippen molar-refractivity contribution < 1.29 is 9.18 Å². The highest BCUT2D eigenvalue weighted by molar-refractivity contribution is 7.99. The highest BCUT2D eigenvalue weighted by Gasteiger charge is 2.25. The van der Waals surface area contributed by atoms with Crippen LogP contribution in [0.2, 0.25) is 0 Å². The number of carbonyl (C=O) groups excluding carboxylic acids is 1. The molecule has 6 rings (SSSR count). The summed E-state index contributed by atoms with van der Waals surface area (Å²) in [6.07, 6.45) is 10.5. The number of hydrogen-bond donors (Lipinski definition) is 2. The number of hydrogen-bond acceptors (Lipinski definition) is 5. The lowest BCUT2D eigenvalue weighted by Crippen LogP contribution is -2.25. The Hall–Kier alpha value is -3.49. The van der Waals surface area contributed by atoms with E-state index < -0.39 is 0 Å². The number of nitrogens with one attached hydrogen (secondary N) is 2. The molecule has 2 N–H and O–H groups in total. The fourth-order valence-electron chi connectivity index (χ4n) is 4.59. The summed E-state index contributed by atoms with van der Waals surface area (Å²) in [7, 11) is 0. The maximum absolute atomic E-state index is 14.0. The molecule has 0 bridgehead atoms. The third-order valence-electron chi connectivity index (χ3n) is 6.76. The van der Waals surface area contributed by atoms with Crippen molar-refractivity contribution in [1.82, 2.24) is 25.4 Å². The van der Waals surface area contributed by atoms with Crippen LogP contribution in [-0.4, -0.2) is 45.1 Å². The van der Waals surface area contributed by atoms with Crippen LogP contribution < -0.4 is 5.32 Å². The van der Waals surface area contributed by atoms with Crippen LogP contribution in [0.3, 0.4) is 0 Å². The van der Waals surface area contributed by atoms with Crippen LogP contribution in [0, 0.1) is 5.82 Å². The lowest BCUT2D eigenvalue weighted by molar-refractivity contribution is 0.0948. The molecule has 0 unspecified atom stereocenters. The molecule has 1 saturated heterocycles. The number of rotatable bonds is 8. The molecule has 1 aliphatic carbocycles. The number of nitrogens with zero attached hydrogens (tertiary/aromatic N) is 3. The molecule has 0 spiro atoms. The van der Waals surface area contributed by atoms with E-state index in [2.05, 4.69) is 31.5 Å². The minimum absolute atomic E-state index is 0.155. The summed E-state index contributed by atoms with van der Waals surface area (Å²) in [4.78, 5) is 21.2. The number of pyridine rings is 1. The Labute approximate surface area is 219 Å². The average molecular weight is 514 g/mol. The summed E-state index contributed by atoms with van der Waals surface area (Å²) in [6, 6.07) is 14.7. The quantitative estimate of drug-likeness (QED) is 0.307. The highest BCUT2D eigenvalue weighted by Crippen LogP contribution is 2.34. The smallest absolute Gasteiger partial charge is 0.252 e. The summed E-state index contributed by atoms with van der Waals surface area (Å²) in [5.41, 5.74) is 4.31. The first-order valence-electron chi connectivity index (χ1n) is 12.7. The molecule has 1 aliphatic heterocycles. The van der Waals surface area contributed by atoms with E-state index in [0.717, 1.165) is 46.6 Å². The van der Waals surface area contributed by atoms with Gasteiger partial charge in [0.2, 0.25) is 0 Å². The number of fused-ring (bicyclic) bond motifs is 1. The Kier molecular flexibility index (Phi) is 6.76. The van der Waals surface area contributed by atoms with Crippen molar-refractivity contribution in [3.8, 4) is 0 Å². The first kappa shape index (κ1) is 23.9. The van der Waals surface area contributed by atoms with Gasteiger partial charge in [0.25, 0.3) is 5.91 Å². The Balaban J connectivity index is 1.16. The summed E-state index contributed by atoms with van der Waals surface area (Å²) < 4.78 is 14.0. The second-order valence-electron chi connectivity index (χ2n) is 9.71. The third kappa shape index (κ3) is 5.76. The van der Waals surface area contributed by atoms with Gasteiger partial charge in [-0.25, -0.2) is 4.39 Å². The molecule has 2 aliphatic rings. The van der Waals surface area contributed by atoms with E-state index in [1.165, 1.54) is 55.4 Å². The standard InChI is InChI=1S/C29H28FN5OS/c30-20-4-10-25(29(36)32-22-6-7-22)28(15-20)37-23-9-11-24-26(33-34-27(24)16-23)12-8-21-5-3-19(17-31-21)18-35-13-1-2-14-35/h3-5,8-12,15-17,22H,1-2,6-7,13-14,18H2,(H,32,36)(H,33,34)/b12-8+. The van der Waals surface area contributed by atoms with Gasteiger partial charge in [0.15, 0.2) is 0 Å². The van der Waals surface area contributed by atoms with Crippen molar-refractivity contribution in [2.24, 2.45) is 0 Å². The second kappa shape index (κ2) is 10.5. The summed E-state index contributed by atoms with van der Waals surface area (Å²) in [5, 5.41) is 11.5. The molecular formula is C29H28FN5OS. The topological polar surface area (TPSA) is 73.9 Å². The molecule has 0 atom stereocenters. The predicted octanol–water partition coefficient (Wildman–Crippen LogP) is 5.91. The zero-order valence-electron chi connectivity index (χ0n) is 20.4. The Morgan fingerprint density at radius 3 is 2.76 bits per heavy atom. The molecule has 188 valence electrons. The Morgan fingerprint density at radius 2 is 1.97 bits per heavy atom. The number of H-pyrrole nitrogens is 1. The normalized spacial score (nSPS) is 16.1. The van der Waals surface area contributed by atoms with Crippen molar-refractivity contribution in [3.05, 3.63) is 83.1 Å². The summed E-state index contributed by atoms with van der Waals surface area (Å²) in [5.74, 6) is -0.518. The van der Waals surface area contributed by atoms with Crippen LogP contribution in [-0.2, 0) is 6.54 Å². The minimum atomic E-state index is -0.363. The van der Waals surface area contributed by atoms with Gasteiger partial charge in [-0.2, -0.15) is 5.10 Å². The van der Waals surface area contributed by atoms with Gasteiger partial charge >= 0.3 is 0 Å². The van der Waals surface area contributed by atoms with E-state index in [4.69, 9.17) is 0 Å². The number of amides is 1. The Bertz CT molecular complexity index is 1460. The second-order valence-corrected chi connectivity index (χ2v) is 10.8. The van der Waals surface area contributed by atoms with Gasteiger partial charge in [-0.3, -0.25) is 19.8 Å². The molecule has 37 heavy (non-hydrogen) atoms. The van der Waals surface area contributed by atoms with Crippen molar-refractivity contribution >= 4 is 40.7 Å². The number of likely N-dealkylation sites (tertiary alicyclic amines) is 1. The van der Waals surface area contributed by atoms with E-state index in [0.29, 0.717) is 10.5 Å². The van der Waals surface area contributed by atoms with E-state index in [-0.39, 0.29) is 17.8 Å². The summed E-state index contributed by atoms with van der Waals surface area (Å²) in [6.45, 7) is 3.31. The van der Waals surface area contributed by atoms with Crippen LogP contribution in [0.25, 0.3) is 23.1 Å². The molecule has 8 heteroatoms. The first-order chi connectivity index (χ1) is 18.1. The molecule has 4 aromatic rings. The van der Waals surface area contributed by atoms with Gasteiger partial charge in [-0.1, -0.05) is 17.8 Å². The number of benzene rings is 2. The SMILES string of the molecule is O=C(NC1CC1)c1ccc(F)cc1Sc1ccc2c(/C=C/c3ccc(CN4CCCC4)cn3)n[nH]c2c1. The van der Waals surface area contributed by atoms with Crippen LogP contribution in [0.5, 0.6) is 0 Å². The number of halogens is 1. The maximum atomic E-state index is 14.0. The van der Waals surface area contributed by atoms with Gasteiger partial charge in [0, 0.05) is 34.0 Å². The Morgan fingerprint density at radius 1 is 1.11 bits per heavy atom. The molecule has 1 amide bonds. The summed E-state index contributed by atoms with van der Waals surface area (Å²) >= 11 is 1.37. The maximum Gasteiger partial charge on any atom is 0.252 e. The molecule has 2 fully saturated rings. The van der Waals surface area contributed by atoms with E-state index in [1.807, 2.05) is 42.6 Å². The minimum Gasteiger partial charge on any atom is -0.349 e. The van der Waals surface area contributed by atoms with Gasteiger partial charge in [0.1, 0.15) is 5.82 Å². The van der Waals surface area contributed by atoms with Crippen LogP contribution in [0.15, 0.2) is 64.5 Å². The largest absolute Gasteiger partial charge is 0.349 e. The number of aromatic nitrogens is 3. The molecular weight excluding hydrogens is 485 g/mol. The molecule has 0 radical (unpaired) electrons. The zero-order chi connectivity index (χ0) is 25.2. The predicted molar refractivity (Wildman–Crippen MR) is 145 cm³/mol. The third-order valence-corrected chi connectivity index (χ3v) is 7.80. The zero-order valence-corrected chi connectivity index (χ0v) is 21.2. The van der Waals surface area contributed by atoms with Crippen LogP contribution >= 0.6 is 11.8 Å². The van der Waals surface area contributed by atoms with Crippen LogP contribution in [0.1, 0.15) is 53.0 Å². The first-order valence-corrected chi connectivity index (χ1v) is 13.5. The van der Waals surface area contributed by atoms with Gasteiger partial charge in [0.05, 0.1) is 22.5 Å². The molecule has 2 aromatic carbocycles. The van der Waals surface area contributed by atoms with Gasteiger partial charge < -0.3 is 5.32 Å². The van der Waals surface area contributed by atoms with Crippen molar-refractivity contribution in [3.63, 3.8) is 0 Å².